The van der Waals surface area contributed by atoms with Crippen molar-refractivity contribution >= 4 is 34.2 Å². The monoisotopic (exact) mass is 302 g/mol. The standard InChI is InChI=1S/C10H11IN2O/c1-13-6-7-4-8(11)2-3-9(7)12-5-10(13)14/h2-4,12H,5-6H2,1H3. The molecule has 1 amide bonds. The van der Waals surface area contributed by atoms with Gasteiger partial charge in [-0.05, 0) is 46.4 Å². The van der Waals surface area contributed by atoms with Crippen molar-refractivity contribution in [1.29, 1.82) is 0 Å². The first-order chi connectivity index (χ1) is 6.66. The molecule has 0 atom stereocenters. The molecule has 2 rings (SSSR count). The number of benzene rings is 1. The van der Waals surface area contributed by atoms with Crippen LogP contribution in [-0.4, -0.2) is 24.4 Å². The summed E-state index contributed by atoms with van der Waals surface area (Å²) in [6.45, 7) is 1.09. The summed E-state index contributed by atoms with van der Waals surface area (Å²) in [5, 5.41) is 3.14. The highest BCUT2D eigenvalue weighted by atomic mass is 127. The average Bonchev–Trinajstić information content (AvgIpc) is 2.27. The Morgan fingerprint density at radius 2 is 2.29 bits per heavy atom. The molecule has 0 aromatic heterocycles. The third kappa shape index (κ3) is 1.84. The van der Waals surface area contributed by atoms with E-state index < -0.39 is 0 Å². The Labute approximate surface area is 96.6 Å². The predicted octanol–water partition coefficient (Wildman–Crippen LogP) is 1.68. The number of likely N-dealkylation sites (N-methyl/N-ethyl adjacent to an activating group) is 1. The van der Waals surface area contributed by atoms with E-state index >= 15 is 0 Å². The molecule has 4 heteroatoms. The fourth-order valence-electron chi connectivity index (χ4n) is 1.52. The predicted molar refractivity (Wildman–Crippen MR) is 64.1 cm³/mol. The average molecular weight is 302 g/mol. The number of fused-ring (bicyclic) bond motifs is 1. The highest BCUT2D eigenvalue weighted by Crippen LogP contribution is 2.22. The molecule has 0 aliphatic carbocycles. The molecule has 0 bridgehead atoms. The summed E-state index contributed by atoms with van der Waals surface area (Å²) in [7, 11) is 1.83. The van der Waals surface area contributed by atoms with Crippen LogP contribution in [0.2, 0.25) is 0 Å². The van der Waals surface area contributed by atoms with Gasteiger partial charge in [0, 0.05) is 22.8 Å². The molecule has 0 radical (unpaired) electrons. The van der Waals surface area contributed by atoms with Gasteiger partial charge in [0.15, 0.2) is 0 Å². The van der Waals surface area contributed by atoms with E-state index in [1.54, 1.807) is 4.90 Å². The highest BCUT2D eigenvalue weighted by molar-refractivity contribution is 14.1. The van der Waals surface area contributed by atoms with Crippen molar-refractivity contribution in [2.45, 2.75) is 6.54 Å². The van der Waals surface area contributed by atoms with Crippen molar-refractivity contribution in [3.8, 4) is 0 Å². The van der Waals surface area contributed by atoms with Crippen molar-refractivity contribution in [2.75, 3.05) is 18.9 Å². The second-order valence-corrected chi connectivity index (χ2v) is 4.65. The van der Waals surface area contributed by atoms with Gasteiger partial charge >= 0.3 is 0 Å². The molecule has 0 unspecified atom stereocenters. The van der Waals surface area contributed by atoms with Crippen LogP contribution in [0.4, 0.5) is 5.69 Å². The molecule has 14 heavy (non-hydrogen) atoms. The van der Waals surface area contributed by atoms with E-state index in [1.165, 1.54) is 9.13 Å². The van der Waals surface area contributed by atoms with Crippen LogP contribution in [0.25, 0.3) is 0 Å². The number of nitrogens with one attached hydrogen (secondary N) is 1. The number of anilines is 1. The van der Waals surface area contributed by atoms with Gasteiger partial charge in [0.05, 0.1) is 6.54 Å². The molecule has 74 valence electrons. The maximum atomic E-state index is 11.4. The minimum absolute atomic E-state index is 0.135. The van der Waals surface area contributed by atoms with Crippen LogP contribution in [0, 0.1) is 3.57 Å². The summed E-state index contributed by atoms with van der Waals surface area (Å²) in [4.78, 5) is 13.2. The van der Waals surface area contributed by atoms with Crippen LogP contribution >= 0.6 is 22.6 Å². The lowest BCUT2D eigenvalue weighted by molar-refractivity contribution is -0.128. The summed E-state index contributed by atoms with van der Waals surface area (Å²) < 4.78 is 1.20. The largest absolute Gasteiger partial charge is 0.376 e. The number of rotatable bonds is 0. The lowest BCUT2D eigenvalue weighted by atomic mass is 10.2. The first-order valence-corrected chi connectivity index (χ1v) is 5.51. The van der Waals surface area contributed by atoms with Crippen LogP contribution in [0.3, 0.4) is 0 Å². The fraction of sp³-hybridized carbons (Fsp3) is 0.300. The Kier molecular flexibility index (Phi) is 2.62. The van der Waals surface area contributed by atoms with Gasteiger partial charge in [-0.1, -0.05) is 0 Å². The molecular formula is C10H11IN2O. The molecule has 1 aliphatic rings. The zero-order chi connectivity index (χ0) is 10.1. The van der Waals surface area contributed by atoms with Gasteiger partial charge in [0.25, 0.3) is 0 Å². The highest BCUT2D eigenvalue weighted by Gasteiger charge is 2.16. The fourth-order valence-corrected chi connectivity index (χ4v) is 2.07. The second-order valence-electron chi connectivity index (χ2n) is 3.40. The molecule has 0 saturated carbocycles. The van der Waals surface area contributed by atoms with Crippen molar-refractivity contribution in [3.63, 3.8) is 0 Å². The Hall–Kier alpha value is -0.780. The molecular weight excluding hydrogens is 291 g/mol. The minimum atomic E-state index is 0.135. The first kappa shape index (κ1) is 9.76. The van der Waals surface area contributed by atoms with Crippen LogP contribution in [-0.2, 0) is 11.3 Å². The smallest absolute Gasteiger partial charge is 0.241 e. The summed E-state index contributed by atoms with van der Waals surface area (Å²) >= 11 is 2.28. The van der Waals surface area contributed by atoms with Gasteiger partial charge in [0.1, 0.15) is 0 Å². The SMILES string of the molecule is CN1Cc2cc(I)ccc2NCC1=O. The Bertz CT molecular complexity index is 378. The number of hydrogen-bond donors (Lipinski definition) is 1. The maximum Gasteiger partial charge on any atom is 0.241 e. The number of halogens is 1. The van der Waals surface area contributed by atoms with E-state index in [4.69, 9.17) is 0 Å². The minimum Gasteiger partial charge on any atom is -0.376 e. The van der Waals surface area contributed by atoms with Crippen LogP contribution in [0.15, 0.2) is 18.2 Å². The summed E-state index contributed by atoms with van der Waals surface area (Å²) in [5.74, 6) is 0.135. The van der Waals surface area contributed by atoms with Crippen LogP contribution in [0.5, 0.6) is 0 Å². The number of carbonyl (C=O) groups is 1. The molecule has 1 aliphatic heterocycles. The summed E-state index contributed by atoms with van der Waals surface area (Å²) in [6.07, 6.45) is 0. The van der Waals surface area contributed by atoms with E-state index in [-0.39, 0.29) is 5.91 Å². The molecule has 0 fully saturated rings. The molecule has 0 saturated heterocycles. The van der Waals surface area contributed by atoms with Crippen molar-refractivity contribution in [1.82, 2.24) is 4.90 Å². The second kappa shape index (κ2) is 3.76. The normalized spacial score (nSPS) is 15.9. The molecule has 0 spiro atoms. The number of carbonyl (C=O) groups excluding carboxylic acids is 1. The molecule has 1 heterocycles. The van der Waals surface area contributed by atoms with Gasteiger partial charge in [-0.15, -0.1) is 0 Å². The zero-order valence-electron chi connectivity index (χ0n) is 7.88. The number of nitrogens with zero attached hydrogens (tertiary/aromatic N) is 1. The number of amides is 1. The third-order valence-electron chi connectivity index (χ3n) is 2.33. The summed E-state index contributed by atoms with van der Waals surface area (Å²) in [5.41, 5.74) is 2.26. The van der Waals surface area contributed by atoms with E-state index in [0.717, 1.165) is 5.69 Å². The Morgan fingerprint density at radius 1 is 1.50 bits per heavy atom. The summed E-state index contributed by atoms with van der Waals surface area (Å²) in [6, 6.07) is 6.18. The zero-order valence-corrected chi connectivity index (χ0v) is 10.0. The van der Waals surface area contributed by atoms with Crippen molar-refractivity contribution in [2.24, 2.45) is 0 Å². The lowest BCUT2D eigenvalue weighted by Crippen LogP contribution is -2.28. The van der Waals surface area contributed by atoms with Gasteiger partial charge in [-0.3, -0.25) is 4.79 Å². The maximum absolute atomic E-state index is 11.4. The van der Waals surface area contributed by atoms with Gasteiger partial charge in [0.2, 0.25) is 5.91 Å². The topological polar surface area (TPSA) is 32.3 Å². The van der Waals surface area contributed by atoms with E-state index in [1.807, 2.05) is 19.2 Å². The Balaban J connectivity index is 2.38. The molecule has 1 N–H and O–H groups in total. The van der Waals surface area contributed by atoms with Gasteiger partial charge in [-0.2, -0.15) is 0 Å². The van der Waals surface area contributed by atoms with Gasteiger partial charge in [-0.25, -0.2) is 0 Å². The molecule has 3 nitrogen and oxygen atoms in total. The molecule has 1 aromatic carbocycles. The Morgan fingerprint density at radius 3 is 3.07 bits per heavy atom. The lowest BCUT2D eigenvalue weighted by Gasteiger charge is -2.13. The van der Waals surface area contributed by atoms with Crippen LogP contribution < -0.4 is 5.32 Å². The van der Waals surface area contributed by atoms with Crippen molar-refractivity contribution < 1.29 is 4.79 Å². The van der Waals surface area contributed by atoms with Gasteiger partial charge < -0.3 is 10.2 Å². The number of hydrogen-bond acceptors (Lipinski definition) is 2. The van der Waals surface area contributed by atoms with E-state index in [9.17, 15) is 4.79 Å². The van der Waals surface area contributed by atoms with E-state index in [0.29, 0.717) is 13.1 Å². The van der Waals surface area contributed by atoms with E-state index in [2.05, 4.69) is 34.0 Å². The van der Waals surface area contributed by atoms with Crippen LogP contribution in [0.1, 0.15) is 5.56 Å². The third-order valence-corrected chi connectivity index (χ3v) is 3.00. The molecule has 1 aromatic rings. The van der Waals surface area contributed by atoms with Crippen molar-refractivity contribution in [3.05, 3.63) is 27.3 Å². The quantitative estimate of drug-likeness (QED) is 0.740. The first-order valence-electron chi connectivity index (χ1n) is 4.43.